The predicted molar refractivity (Wildman–Crippen MR) is 204 cm³/mol. The maximum atomic E-state index is 12.8. The van der Waals surface area contributed by atoms with E-state index in [1.165, 1.54) is 14.0 Å². The Morgan fingerprint density at radius 2 is 1.67 bits per heavy atom. The normalized spacial score (nSPS) is 30.0. The van der Waals surface area contributed by atoms with Gasteiger partial charge in [0.05, 0.1) is 38.6 Å². The van der Waals surface area contributed by atoms with Crippen molar-refractivity contribution in [2.45, 2.75) is 78.1 Å². The van der Waals surface area contributed by atoms with Crippen LogP contribution >= 0.6 is 0 Å². The van der Waals surface area contributed by atoms with Gasteiger partial charge in [-0.15, -0.1) is 0 Å². The number of H-pyrrole nitrogens is 1. The van der Waals surface area contributed by atoms with Crippen LogP contribution in [0.2, 0.25) is 0 Å². The first-order valence-electron chi connectivity index (χ1n) is 18.5. The average molecular weight is 761 g/mol. The fourth-order valence-corrected chi connectivity index (χ4v) is 9.94. The van der Waals surface area contributed by atoms with Crippen LogP contribution in [-0.4, -0.2) is 93.0 Å². The van der Waals surface area contributed by atoms with E-state index < -0.39 is 28.6 Å². The Balaban J connectivity index is 0.000000187. The number of fused-ring (bicyclic) bond motifs is 6. The van der Waals surface area contributed by atoms with Crippen LogP contribution in [0.5, 0.6) is 17.2 Å². The van der Waals surface area contributed by atoms with E-state index in [1.54, 1.807) is 32.2 Å². The molecule has 4 aliphatic carbocycles. The number of nitrogens with one attached hydrogen (secondary N) is 1. The molecule has 7 atom stereocenters. The van der Waals surface area contributed by atoms with Crippen molar-refractivity contribution in [2.24, 2.45) is 29.1 Å². The molecule has 296 valence electrons. The molecule has 55 heavy (non-hydrogen) atoms. The summed E-state index contributed by atoms with van der Waals surface area (Å²) in [6.07, 6.45) is 4.00. The van der Waals surface area contributed by atoms with Crippen molar-refractivity contribution in [1.29, 1.82) is 0 Å². The van der Waals surface area contributed by atoms with E-state index in [1.807, 2.05) is 52.8 Å². The highest BCUT2D eigenvalue weighted by atomic mass is 16.6. The van der Waals surface area contributed by atoms with Crippen LogP contribution in [0.1, 0.15) is 58.6 Å². The van der Waals surface area contributed by atoms with Gasteiger partial charge in [-0.1, -0.05) is 32.9 Å². The second-order valence-electron chi connectivity index (χ2n) is 16.1. The minimum atomic E-state index is -1.75. The lowest BCUT2D eigenvalue weighted by molar-refractivity contribution is -0.186. The number of aryl methyl sites for hydroxylation is 2. The van der Waals surface area contributed by atoms with E-state index in [4.69, 9.17) is 24.1 Å². The molecule has 0 spiro atoms. The van der Waals surface area contributed by atoms with Crippen LogP contribution in [0.25, 0.3) is 22.3 Å². The minimum absolute atomic E-state index is 0.0000834. The van der Waals surface area contributed by atoms with Gasteiger partial charge in [0, 0.05) is 54.2 Å². The number of Topliss-reactive ketones (excluding diaryl/α,β-unsaturated/α-hetero) is 1. The predicted octanol–water partition coefficient (Wildman–Crippen LogP) is 4.13. The molecule has 13 heteroatoms. The monoisotopic (exact) mass is 760 g/mol. The Morgan fingerprint density at radius 1 is 1.00 bits per heavy atom. The van der Waals surface area contributed by atoms with Gasteiger partial charge in [-0.25, -0.2) is 4.98 Å². The number of aromatic amines is 1. The zero-order valence-electron chi connectivity index (χ0n) is 32.9. The first kappa shape index (κ1) is 40.1. The van der Waals surface area contributed by atoms with Crippen molar-refractivity contribution in [3.05, 3.63) is 69.0 Å². The Bertz CT molecular complexity index is 2150. The van der Waals surface area contributed by atoms with Gasteiger partial charge < -0.3 is 44.4 Å². The molecule has 2 fully saturated rings. The van der Waals surface area contributed by atoms with Crippen LogP contribution in [0.4, 0.5) is 0 Å². The number of aromatic nitrogens is 2. The summed E-state index contributed by atoms with van der Waals surface area (Å²) in [6.45, 7) is 12.7. The number of methoxy groups -OCH3 is 2. The second-order valence-corrected chi connectivity index (χ2v) is 16.1. The highest BCUT2D eigenvalue weighted by molar-refractivity contribution is 6.04. The Kier molecular flexibility index (Phi) is 10.3. The molecule has 2 aromatic carbocycles. The SMILES string of the molecule is CC(=O)O[C@@]12C[C@@H](C)[C@@]3(O)[C@@H](C=C(CO)C[C@]4(O)C(=O)C(C)=C[C@@H]34)[C@@H]1C2(C)C.COc1cc(OC)c2c(=O)[nH]c(-c3cc(C)c(OCCO)c(C)c3)nc2c1. The number of nitrogens with zero attached hydrogens (tertiary/aromatic N) is 1. The highest BCUT2D eigenvalue weighted by Crippen LogP contribution is 2.76. The molecule has 4 aliphatic rings. The fourth-order valence-electron chi connectivity index (χ4n) is 9.94. The van der Waals surface area contributed by atoms with Gasteiger partial charge >= 0.3 is 5.97 Å². The van der Waals surface area contributed by atoms with Crippen molar-refractivity contribution in [1.82, 2.24) is 9.97 Å². The number of ketones is 1. The van der Waals surface area contributed by atoms with Gasteiger partial charge in [-0.3, -0.25) is 14.4 Å². The van der Waals surface area contributed by atoms with E-state index in [0.29, 0.717) is 45.8 Å². The third kappa shape index (κ3) is 6.25. The van der Waals surface area contributed by atoms with E-state index in [9.17, 15) is 29.7 Å². The number of aliphatic hydroxyl groups is 4. The molecule has 13 nitrogen and oxygen atoms in total. The lowest BCUT2D eigenvalue weighted by Crippen LogP contribution is -2.61. The molecule has 1 heterocycles. The zero-order valence-corrected chi connectivity index (χ0v) is 32.9. The summed E-state index contributed by atoms with van der Waals surface area (Å²) in [4.78, 5) is 44.8. The standard InChI is InChI=1S/C22H30O6.C20H22N2O5/c1-11-6-16-20(26,18(11)25)9-14(10-23)7-15-17-19(4,5)21(17,28-13(3)24)8-12(2)22(15,16)27;1-11-7-13(8-12(2)18(11)27-6-5-23)19-21-15-9-14(25-3)10-16(26-4)17(15)20(24)22-19/h6-7,12,15-17,23,26-27H,8-10H2,1-5H3;7-10,23H,5-6H2,1-4H3,(H,21,22,24)/t12-,15+,16-,17-,20-,21+,22-;/m1./s1. The molecule has 0 bridgehead atoms. The first-order valence-corrected chi connectivity index (χ1v) is 18.5. The van der Waals surface area contributed by atoms with Crippen LogP contribution in [0, 0.1) is 42.9 Å². The molecule has 7 rings (SSSR count). The van der Waals surface area contributed by atoms with E-state index in [2.05, 4.69) is 9.97 Å². The number of aliphatic hydroxyl groups excluding tert-OH is 2. The molecular weight excluding hydrogens is 708 g/mol. The number of hydrogen-bond acceptors (Lipinski definition) is 12. The molecule has 0 amide bonds. The van der Waals surface area contributed by atoms with Gasteiger partial charge in [0.25, 0.3) is 5.56 Å². The number of hydrogen-bond donors (Lipinski definition) is 5. The number of rotatable bonds is 8. The summed E-state index contributed by atoms with van der Waals surface area (Å²) in [7, 11) is 3.05. The van der Waals surface area contributed by atoms with Gasteiger partial charge in [-0.2, -0.15) is 0 Å². The molecule has 1 aromatic heterocycles. The van der Waals surface area contributed by atoms with Crippen molar-refractivity contribution in [3.63, 3.8) is 0 Å². The number of benzene rings is 2. The quantitative estimate of drug-likeness (QED) is 0.163. The summed E-state index contributed by atoms with van der Waals surface area (Å²) in [5.74, 6) is -0.285. The van der Waals surface area contributed by atoms with Crippen molar-refractivity contribution in [3.8, 4) is 28.6 Å². The van der Waals surface area contributed by atoms with E-state index in [-0.39, 0.29) is 60.8 Å². The topological polar surface area (TPSA) is 198 Å². The van der Waals surface area contributed by atoms with Crippen LogP contribution in [-0.2, 0) is 14.3 Å². The number of esters is 1. The highest BCUT2D eigenvalue weighted by Gasteiger charge is 2.83. The number of ether oxygens (including phenoxy) is 4. The lowest BCUT2D eigenvalue weighted by atomic mass is 9.60. The maximum Gasteiger partial charge on any atom is 0.303 e. The van der Waals surface area contributed by atoms with Gasteiger partial charge in [0.2, 0.25) is 0 Å². The Hall–Kier alpha value is -4.56. The molecule has 0 aliphatic heterocycles. The number of carbonyl (C=O) groups excluding carboxylic acids is 2. The first-order chi connectivity index (χ1) is 25.8. The molecule has 0 radical (unpaired) electrons. The van der Waals surface area contributed by atoms with Gasteiger partial charge in [-0.05, 0) is 67.5 Å². The molecule has 3 aromatic rings. The van der Waals surface area contributed by atoms with Crippen molar-refractivity contribution < 1.29 is 49.0 Å². The molecule has 0 unspecified atom stereocenters. The summed E-state index contributed by atoms with van der Waals surface area (Å²) in [5, 5.41) is 42.7. The largest absolute Gasteiger partial charge is 0.497 e. The third-order valence-corrected chi connectivity index (χ3v) is 12.5. The Morgan fingerprint density at radius 3 is 2.25 bits per heavy atom. The average Bonchev–Trinajstić information content (AvgIpc) is 3.53. The molecule has 0 saturated heterocycles. The summed E-state index contributed by atoms with van der Waals surface area (Å²) in [5.41, 5.74) is -0.435. The van der Waals surface area contributed by atoms with Crippen LogP contribution in [0.15, 0.2) is 52.4 Å². The minimum Gasteiger partial charge on any atom is -0.497 e. The van der Waals surface area contributed by atoms with Crippen molar-refractivity contribution in [2.75, 3.05) is 34.0 Å². The Labute approximate surface area is 320 Å². The zero-order chi connectivity index (χ0) is 40.4. The smallest absolute Gasteiger partial charge is 0.303 e. The molecular formula is C42H52N2O11. The van der Waals surface area contributed by atoms with E-state index in [0.717, 1.165) is 22.4 Å². The lowest BCUT2D eigenvalue weighted by Gasteiger charge is -2.50. The fraction of sp³-hybridized carbons (Fsp3) is 0.524. The third-order valence-electron chi connectivity index (χ3n) is 12.5. The number of carbonyl (C=O) groups is 2. The van der Waals surface area contributed by atoms with E-state index >= 15 is 0 Å². The second kappa shape index (κ2) is 14.2. The maximum absolute atomic E-state index is 12.8. The van der Waals surface area contributed by atoms with Crippen LogP contribution in [0.3, 0.4) is 0 Å². The van der Waals surface area contributed by atoms with Crippen molar-refractivity contribution >= 4 is 22.7 Å². The summed E-state index contributed by atoms with van der Waals surface area (Å²) in [6, 6.07) is 7.14. The van der Waals surface area contributed by atoms with Gasteiger partial charge in [0.1, 0.15) is 46.3 Å². The van der Waals surface area contributed by atoms with Gasteiger partial charge in [0.15, 0.2) is 5.78 Å². The molecule has 5 N–H and O–H groups in total. The molecule has 2 saturated carbocycles. The van der Waals surface area contributed by atoms with Crippen LogP contribution < -0.4 is 19.8 Å². The summed E-state index contributed by atoms with van der Waals surface area (Å²) < 4.78 is 22.0. The summed E-state index contributed by atoms with van der Waals surface area (Å²) >= 11 is 0.